The first-order chi connectivity index (χ1) is 12.4. The highest BCUT2D eigenvalue weighted by Crippen LogP contribution is 2.06. The Labute approximate surface area is 160 Å². The van der Waals surface area contributed by atoms with Crippen LogP contribution in [0.2, 0.25) is 0 Å². The van der Waals surface area contributed by atoms with Gasteiger partial charge in [-0.15, -0.1) is 13.2 Å². The van der Waals surface area contributed by atoms with Gasteiger partial charge in [0, 0.05) is 25.5 Å². The van der Waals surface area contributed by atoms with Crippen molar-refractivity contribution >= 4 is 27.7 Å². The Balaban J connectivity index is 1.97. The predicted octanol–water partition coefficient (Wildman–Crippen LogP) is 1.67. The number of hydrogen-bond acceptors (Lipinski definition) is 4. The number of nitrogens with zero attached hydrogens (tertiary/aromatic N) is 5. The average molecular weight is 421 g/mol. The molecule has 0 radical (unpaired) electrons. The molecule has 0 aliphatic rings. The van der Waals surface area contributed by atoms with E-state index in [0.717, 1.165) is 4.47 Å². The molecule has 2 amide bonds. The summed E-state index contributed by atoms with van der Waals surface area (Å²) in [6.07, 6.45) is 8.41. The number of halogens is 1. The van der Waals surface area contributed by atoms with E-state index in [-0.39, 0.29) is 11.6 Å². The normalized spacial score (nSPS) is 11.6. The van der Waals surface area contributed by atoms with Gasteiger partial charge >= 0.3 is 0 Å². The third kappa shape index (κ3) is 5.16. The highest BCUT2D eigenvalue weighted by atomic mass is 79.9. The molecular formula is C17H21BrN6O2. The Morgan fingerprint density at radius 1 is 1.35 bits per heavy atom. The van der Waals surface area contributed by atoms with Crippen LogP contribution in [0.3, 0.4) is 0 Å². The van der Waals surface area contributed by atoms with Crippen molar-refractivity contribution in [3.05, 3.63) is 60.1 Å². The number of nitrogens with one attached hydrogen (secondary N) is 1. The van der Waals surface area contributed by atoms with E-state index in [2.05, 4.69) is 44.6 Å². The Morgan fingerprint density at radius 3 is 2.62 bits per heavy atom. The van der Waals surface area contributed by atoms with Gasteiger partial charge in [0.2, 0.25) is 5.91 Å². The molecule has 0 saturated heterocycles. The maximum Gasteiger partial charge on any atom is 0.272 e. The second-order valence-electron chi connectivity index (χ2n) is 5.60. The predicted molar refractivity (Wildman–Crippen MR) is 101 cm³/mol. The first-order valence-corrected chi connectivity index (χ1v) is 8.76. The molecule has 8 nitrogen and oxygen atoms in total. The summed E-state index contributed by atoms with van der Waals surface area (Å²) < 4.78 is 4.12. The van der Waals surface area contributed by atoms with Gasteiger partial charge in [-0.25, -0.2) is 4.68 Å². The van der Waals surface area contributed by atoms with E-state index in [9.17, 15) is 9.59 Å². The Morgan fingerprint density at radius 2 is 2.04 bits per heavy atom. The van der Waals surface area contributed by atoms with Crippen LogP contribution in [0.5, 0.6) is 0 Å². The van der Waals surface area contributed by atoms with Gasteiger partial charge < -0.3 is 10.2 Å². The van der Waals surface area contributed by atoms with Crippen LogP contribution in [-0.4, -0.2) is 55.4 Å². The molecule has 0 aliphatic carbocycles. The summed E-state index contributed by atoms with van der Waals surface area (Å²) in [5.41, 5.74) is 0.231. The molecule has 2 aromatic rings. The summed E-state index contributed by atoms with van der Waals surface area (Å²) in [7, 11) is 0. The molecule has 2 heterocycles. The number of rotatable bonds is 9. The third-order valence-corrected chi connectivity index (χ3v) is 3.90. The van der Waals surface area contributed by atoms with Crippen molar-refractivity contribution in [2.75, 3.05) is 13.1 Å². The van der Waals surface area contributed by atoms with Gasteiger partial charge in [0.25, 0.3) is 5.91 Å². The molecule has 1 atom stereocenters. The molecule has 1 unspecified atom stereocenters. The lowest BCUT2D eigenvalue weighted by atomic mass is 10.2. The van der Waals surface area contributed by atoms with Crippen LogP contribution in [0.25, 0.3) is 0 Å². The fraction of sp³-hybridized carbons (Fsp3) is 0.294. The van der Waals surface area contributed by atoms with Crippen LogP contribution < -0.4 is 5.32 Å². The molecule has 0 aliphatic heterocycles. The molecule has 1 N–H and O–H groups in total. The van der Waals surface area contributed by atoms with Gasteiger partial charge in [0.1, 0.15) is 18.4 Å². The van der Waals surface area contributed by atoms with Crippen molar-refractivity contribution in [2.45, 2.75) is 19.6 Å². The highest BCUT2D eigenvalue weighted by Gasteiger charge is 2.22. The van der Waals surface area contributed by atoms with Gasteiger partial charge in [-0.1, -0.05) is 12.2 Å². The lowest BCUT2D eigenvalue weighted by Gasteiger charge is -2.23. The van der Waals surface area contributed by atoms with Crippen molar-refractivity contribution in [3.63, 3.8) is 0 Å². The maximum absolute atomic E-state index is 12.4. The first-order valence-electron chi connectivity index (χ1n) is 7.97. The number of aromatic nitrogens is 4. The Kier molecular flexibility index (Phi) is 6.90. The number of carbonyl (C=O) groups excluding carboxylic acids is 2. The molecule has 0 bridgehead atoms. The van der Waals surface area contributed by atoms with Crippen molar-refractivity contribution < 1.29 is 9.59 Å². The minimum Gasteiger partial charge on any atom is -0.339 e. The van der Waals surface area contributed by atoms with Crippen LogP contribution in [0.4, 0.5) is 0 Å². The zero-order valence-electron chi connectivity index (χ0n) is 14.5. The standard InChI is InChI=1S/C17H21BrN6O2/c1-4-7-22(8-5-2)17(26)13(3)20-16(25)15-6-9-23(21-15)12-24-11-14(18)10-19-24/h4-6,9-11,13H,1-2,7-8,12H2,3H3,(H,20,25). The lowest BCUT2D eigenvalue weighted by molar-refractivity contribution is -0.131. The third-order valence-electron chi connectivity index (χ3n) is 3.49. The molecule has 2 aromatic heterocycles. The van der Waals surface area contributed by atoms with Crippen molar-refractivity contribution in [3.8, 4) is 0 Å². The summed E-state index contributed by atoms with van der Waals surface area (Å²) in [5, 5.41) is 11.0. The van der Waals surface area contributed by atoms with E-state index in [0.29, 0.717) is 19.8 Å². The van der Waals surface area contributed by atoms with Gasteiger partial charge in [-0.05, 0) is 28.9 Å². The van der Waals surface area contributed by atoms with Crippen LogP contribution in [-0.2, 0) is 11.5 Å². The van der Waals surface area contributed by atoms with E-state index >= 15 is 0 Å². The van der Waals surface area contributed by atoms with E-state index in [1.807, 2.05) is 0 Å². The molecule has 9 heteroatoms. The second-order valence-corrected chi connectivity index (χ2v) is 6.51. The summed E-state index contributed by atoms with van der Waals surface area (Å²) >= 11 is 3.32. The summed E-state index contributed by atoms with van der Waals surface area (Å²) in [6, 6.07) is 0.908. The minimum atomic E-state index is -0.686. The van der Waals surface area contributed by atoms with Crippen molar-refractivity contribution in [1.82, 2.24) is 29.8 Å². The van der Waals surface area contributed by atoms with Crippen LogP contribution in [0.1, 0.15) is 17.4 Å². The number of carbonyl (C=O) groups is 2. The number of amides is 2. The highest BCUT2D eigenvalue weighted by molar-refractivity contribution is 9.10. The number of hydrogen-bond donors (Lipinski definition) is 1. The van der Waals surface area contributed by atoms with Gasteiger partial charge in [-0.2, -0.15) is 10.2 Å². The first kappa shape index (κ1) is 19.6. The van der Waals surface area contributed by atoms with Crippen LogP contribution in [0.15, 0.2) is 54.4 Å². The quantitative estimate of drug-likeness (QED) is 0.625. The molecule has 0 saturated carbocycles. The Hall–Kier alpha value is -2.68. The molecular weight excluding hydrogens is 400 g/mol. The molecule has 138 valence electrons. The minimum absolute atomic E-state index is 0.209. The average Bonchev–Trinajstić information content (AvgIpc) is 3.23. The molecule has 2 rings (SSSR count). The fourth-order valence-corrected chi connectivity index (χ4v) is 2.63. The van der Waals surface area contributed by atoms with E-state index in [1.165, 1.54) is 0 Å². The fourth-order valence-electron chi connectivity index (χ4n) is 2.30. The van der Waals surface area contributed by atoms with Crippen LogP contribution >= 0.6 is 15.9 Å². The topological polar surface area (TPSA) is 85.0 Å². The van der Waals surface area contributed by atoms with Crippen LogP contribution in [0, 0.1) is 0 Å². The van der Waals surface area contributed by atoms with Gasteiger partial charge in [0.05, 0.1) is 10.7 Å². The molecule has 0 aromatic carbocycles. The zero-order chi connectivity index (χ0) is 19.1. The molecule has 0 spiro atoms. The monoisotopic (exact) mass is 420 g/mol. The van der Waals surface area contributed by atoms with Crippen molar-refractivity contribution in [1.29, 1.82) is 0 Å². The van der Waals surface area contributed by atoms with E-state index in [1.54, 1.807) is 58.0 Å². The second kappa shape index (κ2) is 9.14. The van der Waals surface area contributed by atoms with E-state index < -0.39 is 11.9 Å². The van der Waals surface area contributed by atoms with Gasteiger partial charge in [0.15, 0.2) is 0 Å². The SMILES string of the molecule is C=CCN(CC=C)C(=O)C(C)NC(=O)c1ccn(Cn2cc(Br)cn2)n1. The lowest BCUT2D eigenvalue weighted by Crippen LogP contribution is -2.47. The molecule has 0 fully saturated rings. The largest absolute Gasteiger partial charge is 0.339 e. The van der Waals surface area contributed by atoms with Gasteiger partial charge in [-0.3, -0.25) is 14.3 Å². The summed E-state index contributed by atoms with van der Waals surface area (Å²) in [6.45, 7) is 10.1. The zero-order valence-corrected chi connectivity index (χ0v) is 16.1. The summed E-state index contributed by atoms with van der Waals surface area (Å²) in [4.78, 5) is 26.3. The Bertz CT molecular complexity index is 787. The smallest absolute Gasteiger partial charge is 0.272 e. The van der Waals surface area contributed by atoms with E-state index in [4.69, 9.17) is 0 Å². The van der Waals surface area contributed by atoms with Crippen molar-refractivity contribution in [2.24, 2.45) is 0 Å². The maximum atomic E-state index is 12.4. The molecule has 26 heavy (non-hydrogen) atoms. The summed E-state index contributed by atoms with van der Waals surface area (Å²) in [5.74, 6) is -0.623.